The van der Waals surface area contributed by atoms with Crippen LogP contribution >= 0.6 is 51.3 Å². The summed E-state index contributed by atoms with van der Waals surface area (Å²) in [5.41, 5.74) is 4.64. The van der Waals surface area contributed by atoms with E-state index in [1.54, 1.807) is 4.68 Å². The Morgan fingerprint density at radius 2 is 1.55 bits per heavy atom. The van der Waals surface area contributed by atoms with Gasteiger partial charge in [-0.3, -0.25) is 9.36 Å². The summed E-state index contributed by atoms with van der Waals surface area (Å²) in [4.78, 5) is 0. The molecule has 10 heteroatoms. The van der Waals surface area contributed by atoms with Crippen LogP contribution in [0, 0.1) is 13.8 Å². The van der Waals surface area contributed by atoms with E-state index in [-0.39, 0.29) is 0 Å². The molecule has 0 aliphatic heterocycles. The van der Waals surface area contributed by atoms with Crippen LogP contribution in [0.25, 0.3) is 0 Å². The second kappa shape index (κ2) is 10.3. The number of nitrogens with one attached hydrogen (secondary N) is 2. The van der Waals surface area contributed by atoms with Crippen molar-refractivity contribution < 1.29 is 0 Å². The fourth-order valence-electron chi connectivity index (χ4n) is 3.44. The van der Waals surface area contributed by atoms with E-state index in [0.29, 0.717) is 34.1 Å². The maximum Gasteiger partial charge on any atom is 0.176 e. The van der Waals surface area contributed by atoms with Gasteiger partial charge in [0.25, 0.3) is 0 Å². The van der Waals surface area contributed by atoms with Crippen LogP contribution in [0.2, 0.25) is 10.0 Å². The van der Waals surface area contributed by atoms with E-state index < -0.39 is 0 Å². The fourth-order valence-corrected chi connectivity index (χ4v) is 4.44. The van der Waals surface area contributed by atoms with Gasteiger partial charge in [-0.05, 0) is 65.3 Å². The zero-order valence-electron chi connectivity index (χ0n) is 17.9. The number of rotatable bonds is 6. The van der Waals surface area contributed by atoms with Gasteiger partial charge in [0.1, 0.15) is 0 Å². The van der Waals surface area contributed by atoms with Gasteiger partial charge in [0.05, 0.1) is 34.6 Å². The van der Waals surface area contributed by atoms with E-state index in [9.17, 15) is 0 Å². The summed E-state index contributed by atoms with van der Waals surface area (Å²) in [6, 6.07) is 15.5. The monoisotopic (exact) mass is 562 g/mol. The first-order valence-electron chi connectivity index (χ1n) is 10.1. The smallest absolute Gasteiger partial charge is 0.176 e. The van der Waals surface area contributed by atoms with Crippen molar-refractivity contribution in [1.82, 2.24) is 19.6 Å². The van der Waals surface area contributed by atoms with Gasteiger partial charge in [0, 0.05) is 16.2 Å². The quantitative estimate of drug-likeness (QED) is 0.256. The van der Waals surface area contributed by atoms with Gasteiger partial charge in [-0.25, -0.2) is 0 Å². The zero-order valence-corrected chi connectivity index (χ0v) is 21.9. The molecule has 33 heavy (non-hydrogen) atoms. The first kappa shape index (κ1) is 23.8. The van der Waals surface area contributed by atoms with Gasteiger partial charge in [-0.15, -0.1) is 0 Å². The number of anilines is 2. The highest BCUT2D eigenvalue weighted by atomic mass is 79.9. The lowest BCUT2D eigenvalue weighted by molar-refractivity contribution is 0.659. The molecule has 6 nitrogen and oxygen atoms in total. The Kier molecular flexibility index (Phi) is 7.38. The Hall–Kier alpha value is -2.39. The fraction of sp³-hybridized carbons (Fsp3) is 0.174. The van der Waals surface area contributed by atoms with Gasteiger partial charge in [-0.2, -0.15) is 10.2 Å². The topological polar surface area (TPSA) is 59.7 Å². The molecule has 0 saturated carbocycles. The average Bonchev–Trinajstić information content (AvgIpc) is 3.24. The molecule has 0 amide bonds. The third-order valence-corrected chi connectivity index (χ3v) is 6.66. The van der Waals surface area contributed by atoms with E-state index in [2.05, 4.69) is 36.8 Å². The maximum atomic E-state index is 6.32. The molecule has 2 aromatic heterocycles. The molecule has 0 saturated heterocycles. The normalized spacial score (nSPS) is 10.9. The van der Waals surface area contributed by atoms with Crippen LogP contribution < -0.4 is 10.6 Å². The second-order valence-electron chi connectivity index (χ2n) is 7.49. The highest BCUT2D eigenvalue weighted by Crippen LogP contribution is 2.25. The van der Waals surface area contributed by atoms with Crippen molar-refractivity contribution in [1.29, 1.82) is 0 Å². The number of halogens is 3. The first-order valence-corrected chi connectivity index (χ1v) is 12.1. The molecule has 0 radical (unpaired) electrons. The van der Waals surface area contributed by atoms with Crippen molar-refractivity contribution in [3.63, 3.8) is 0 Å². The number of aryl methyl sites for hydroxylation is 1. The van der Waals surface area contributed by atoms with Crippen LogP contribution in [-0.4, -0.2) is 24.7 Å². The van der Waals surface area contributed by atoms with Gasteiger partial charge in [0.2, 0.25) is 0 Å². The van der Waals surface area contributed by atoms with E-state index in [1.807, 2.05) is 73.3 Å². The number of hydrogen-bond acceptors (Lipinski definition) is 3. The van der Waals surface area contributed by atoms with Crippen LogP contribution in [0.4, 0.5) is 11.5 Å². The van der Waals surface area contributed by atoms with Gasteiger partial charge >= 0.3 is 0 Å². The summed E-state index contributed by atoms with van der Waals surface area (Å²) >= 11 is 21.7. The minimum Gasteiger partial charge on any atom is -0.329 e. The van der Waals surface area contributed by atoms with Gasteiger partial charge < -0.3 is 10.6 Å². The number of benzene rings is 2. The summed E-state index contributed by atoms with van der Waals surface area (Å²) in [6.07, 6.45) is 1.88. The predicted octanol–water partition coefficient (Wildman–Crippen LogP) is 6.67. The van der Waals surface area contributed by atoms with Crippen molar-refractivity contribution in [2.45, 2.75) is 26.9 Å². The molecular weight excluding hydrogens is 543 g/mol. The van der Waals surface area contributed by atoms with Crippen molar-refractivity contribution in [2.24, 2.45) is 0 Å². The van der Waals surface area contributed by atoms with Crippen LogP contribution in [0.1, 0.15) is 22.5 Å². The van der Waals surface area contributed by atoms with E-state index in [4.69, 9.17) is 35.4 Å². The molecule has 0 atom stereocenters. The Morgan fingerprint density at radius 3 is 2.18 bits per heavy atom. The number of hydrogen-bond donors (Lipinski definition) is 2. The molecule has 0 aliphatic rings. The SMILES string of the molecule is Cc1nn(Cc2ccccc2Cl)c(C)c1NC(=S)Nc1nn(Cc2ccccc2Cl)cc1Br. The Labute approximate surface area is 216 Å². The van der Waals surface area contributed by atoms with E-state index in [0.717, 1.165) is 32.7 Å². The minimum atomic E-state index is 0.419. The van der Waals surface area contributed by atoms with E-state index >= 15 is 0 Å². The molecule has 0 unspecified atom stereocenters. The number of aromatic nitrogens is 4. The van der Waals surface area contributed by atoms with Crippen LogP contribution in [0.15, 0.2) is 59.2 Å². The number of thiocarbonyl (C=S) groups is 1. The summed E-state index contributed by atoms with van der Waals surface area (Å²) in [6.45, 7) is 5.06. The summed E-state index contributed by atoms with van der Waals surface area (Å²) < 4.78 is 4.51. The molecule has 0 bridgehead atoms. The largest absolute Gasteiger partial charge is 0.329 e. The Balaban J connectivity index is 1.45. The molecule has 4 aromatic rings. The minimum absolute atomic E-state index is 0.419. The van der Waals surface area contributed by atoms with Crippen molar-refractivity contribution in [3.8, 4) is 0 Å². The molecule has 2 aromatic carbocycles. The predicted molar refractivity (Wildman–Crippen MR) is 143 cm³/mol. The zero-order chi connectivity index (χ0) is 23.5. The molecular formula is C23H21BrCl2N6S. The third-order valence-electron chi connectivity index (χ3n) is 5.14. The summed E-state index contributed by atoms with van der Waals surface area (Å²) in [5.74, 6) is 0.610. The van der Waals surface area contributed by atoms with Crippen molar-refractivity contribution in [3.05, 3.63) is 91.8 Å². The first-order chi connectivity index (χ1) is 15.8. The standard InChI is InChI=1S/C23H21BrCl2N6S/c1-14-21(15(2)32(29-14)12-17-8-4-6-10-20(17)26)27-23(33)28-22-18(24)13-31(30-22)11-16-7-3-5-9-19(16)25/h3-10,13H,11-12H2,1-2H3,(H2,27,28,30,33). The highest BCUT2D eigenvalue weighted by molar-refractivity contribution is 9.10. The van der Waals surface area contributed by atoms with Crippen molar-refractivity contribution in [2.75, 3.05) is 10.6 Å². The van der Waals surface area contributed by atoms with Gasteiger partial charge in [0.15, 0.2) is 10.9 Å². The van der Waals surface area contributed by atoms with Crippen molar-refractivity contribution >= 4 is 68.0 Å². The third kappa shape index (κ3) is 5.58. The van der Waals surface area contributed by atoms with Crippen LogP contribution in [0.3, 0.4) is 0 Å². The van der Waals surface area contributed by atoms with E-state index in [1.165, 1.54) is 0 Å². The van der Waals surface area contributed by atoms with Gasteiger partial charge in [-0.1, -0.05) is 59.6 Å². The molecule has 0 fully saturated rings. The molecule has 2 N–H and O–H groups in total. The maximum absolute atomic E-state index is 6.32. The molecule has 0 aliphatic carbocycles. The lowest BCUT2D eigenvalue weighted by Gasteiger charge is -2.10. The molecule has 2 heterocycles. The Bertz CT molecular complexity index is 1320. The Morgan fingerprint density at radius 1 is 0.939 bits per heavy atom. The molecule has 0 spiro atoms. The van der Waals surface area contributed by atoms with Crippen LogP contribution in [-0.2, 0) is 13.1 Å². The summed E-state index contributed by atoms with van der Waals surface area (Å²) in [5, 5.41) is 17.5. The average molecular weight is 564 g/mol. The van der Waals surface area contributed by atoms with Crippen LogP contribution in [0.5, 0.6) is 0 Å². The number of nitrogens with zero attached hydrogens (tertiary/aromatic N) is 4. The lowest BCUT2D eigenvalue weighted by Crippen LogP contribution is -2.20. The highest BCUT2D eigenvalue weighted by Gasteiger charge is 2.15. The summed E-state index contributed by atoms with van der Waals surface area (Å²) in [7, 11) is 0. The molecule has 170 valence electrons. The second-order valence-corrected chi connectivity index (χ2v) is 9.57. The molecule has 4 rings (SSSR count). The lowest BCUT2D eigenvalue weighted by atomic mass is 10.2.